The van der Waals surface area contributed by atoms with Crippen molar-refractivity contribution < 1.29 is 0 Å². The van der Waals surface area contributed by atoms with Gasteiger partial charge < -0.3 is 5.73 Å². The Morgan fingerprint density at radius 2 is 2.00 bits per heavy atom. The van der Waals surface area contributed by atoms with E-state index in [0.717, 1.165) is 6.54 Å². The van der Waals surface area contributed by atoms with Crippen molar-refractivity contribution in [1.82, 2.24) is 4.67 Å². The van der Waals surface area contributed by atoms with Gasteiger partial charge in [0.15, 0.2) is 0 Å². The van der Waals surface area contributed by atoms with Gasteiger partial charge >= 0.3 is 0 Å². The lowest BCUT2D eigenvalue weighted by molar-refractivity contribution is 0.403. The van der Waals surface area contributed by atoms with Gasteiger partial charge in [-0.25, -0.2) is 0 Å². The summed E-state index contributed by atoms with van der Waals surface area (Å²) < 4.78 is 2.11. The fourth-order valence-corrected chi connectivity index (χ4v) is 0.819. The van der Waals surface area contributed by atoms with E-state index < -0.39 is 0 Å². The van der Waals surface area contributed by atoms with Crippen molar-refractivity contribution in [3.05, 3.63) is 0 Å². The van der Waals surface area contributed by atoms with Crippen LogP contribution in [0.15, 0.2) is 0 Å². The summed E-state index contributed by atoms with van der Waals surface area (Å²) in [5, 5.41) is 0. The summed E-state index contributed by atoms with van der Waals surface area (Å²) in [6.07, 6.45) is 1.18. The molecule has 3 atom stereocenters. The highest BCUT2D eigenvalue weighted by Gasteiger charge is 2.06. The fraction of sp³-hybridized carbons (Fsp3) is 1.00. The Kier molecular flexibility index (Phi) is 5.24. The molecule has 0 radical (unpaired) electrons. The van der Waals surface area contributed by atoms with Gasteiger partial charge in [0.25, 0.3) is 0 Å². The summed E-state index contributed by atoms with van der Waals surface area (Å²) in [5.41, 5.74) is 5.70. The molecule has 2 nitrogen and oxygen atoms in total. The summed E-state index contributed by atoms with van der Waals surface area (Å²) in [6.45, 7) is 5.36. The summed E-state index contributed by atoms with van der Waals surface area (Å²) in [5.74, 6) is 0.628. The van der Waals surface area contributed by atoms with E-state index in [-0.39, 0.29) is 0 Å². The van der Waals surface area contributed by atoms with Crippen molar-refractivity contribution in [3.63, 3.8) is 0 Å². The van der Waals surface area contributed by atoms with Crippen LogP contribution in [0.1, 0.15) is 20.3 Å². The fourth-order valence-electron chi connectivity index (χ4n) is 0.670. The maximum atomic E-state index is 5.70. The van der Waals surface area contributed by atoms with E-state index in [2.05, 4.69) is 35.0 Å². The molecule has 3 heteroatoms. The van der Waals surface area contributed by atoms with Gasteiger partial charge in [-0.3, -0.25) is 4.67 Å². The van der Waals surface area contributed by atoms with Crippen LogP contribution in [0.25, 0.3) is 0 Å². The maximum absolute atomic E-state index is 5.70. The first-order valence-electron chi connectivity index (χ1n) is 3.75. The monoisotopic (exact) mass is 162 g/mol. The molecule has 0 bridgehead atoms. The van der Waals surface area contributed by atoms with E-state index in [1.165, 1.54) is 6.42 Å². The predicted octanol–water partition coefficient (Wildman–Crippen LogP) is 1.08. The van der Waals surface area contributed by atoms with Crippen molar-refractivity contribution >= 4 is 9.39 Å². The first kappa shape index (κ1) is 10.3. The molecule has 2 N–H and O–H groups in total. The Balaban J connectivity index is 3.30. The van der Waals surface area contributed by atoms with Crippen molar-refractivity contribution in [2.75, 3.05) is 13.6 Å². The molecule has 0 spiro atoms. The Bertz CT molecular complexity index is 83.7. The third kappa shape index (κ3) is 5.16. The van der Waals surface area contributed by atoms with E-state index >= 15 is 0 Å². The first-order chi connectivity index (χ1) is 4.54. The van der Waals surface area contributed by atoms with Gasteiger partial charge in [-0.2, -0.15) is 0 Å². The topological polar surface area (TPSA) is 29.3 Å². The van der Waals surface area contributed by atoms with Crippen LogP contribution < -0.4 is 5.73 Å². The molecule has 0 saturated carbocycles. The van der Waals surface area contributed by atoms with E-state index in [0.29, 0.717) is 12.0 Å². The second-order valence-electron chi connectivity index (χ2n) is 3.11. The highest BCUT2D eigenvalue weighted by atomic mass is 31.0. The Labute approximate surface area is 66.4 Å². The second kappa shape index (κ2) is 5.06. The van der Waals surface area contributed by atoms with Gasteiger partial charge in [-0.15, -0.1) is 0 Å². The summed E-state index contributed by atoms with van der Waals surface area (Å²) >= 11 is 0. The zero-order valence-electron chi connectivity index (χ0n) is 7.17. The summed E-state index contributed by atoms with van der Waals surface area (Å²) in [7, 11) is 4.70. The molecule has 0 aromatic carbocycles. The van der Waals surface area contributed by atoms with Crippen LogP contribution >= 0.6 is 9.39 Å². The van der Waals surface area contributed by atoms with E-state index in [4.69, 9.17) is 5.73 Å². The van der Waals surface area contributed by atoms with E-state index in [1.54, 1.807) is 0 Å². The van der Waals surface area contributed by atoms with Crippen molar-refractivity contribution in [2.24, 2.45) is 11.7 Å². The molecule has 0 saturated heterocycles. The van der Waals surface area contributed by atoms with Crippen LogP contribution in [0.4, 0.5) is 0 Å². The highest BCUT2D eigenvalue weighted by Crippen LogP contribution is 2.07. The smallest absolute Gasteiger partial charge is 0.00366 e. The van der Waals surface area contributed by atoms with Crippen LogP contribution in [0.3, 0.4) is 0 Å². The third-order valence-electron chi connectivity index (χ3n) is 1.83. The van der Waals surface area contributed by atoms with Crippen LogP contribution in [-0.2, 0) is 0 Å². The van der Waals surface area contributed by atoms with Gasteiger partial charge in [0, 0.05) is 12.6 Å². The molecule has 3 unspecified atom stereocenters. The van der Waals surface area contributed by atoms with Crippen molar-refractivity contribution in [1.29, 1.82) is 0 Å². The summed E-state index contributed by atoms with van der Waals surface area (Å²) in [4.78, 5) is 0. The molecule has 0 aromatic rings. The molecule has 62 valence electrons. The Hall–Kier alpha value is 0.350. The molecule has 0 aliphatic rings. The van der Waals surface area contributed by atoms with Crippen LogP contribution in [-0.4, -0.2) is 24.3 Å². The van der Waals surface area contributed by atoms with Gasteiger partial charge in [0.1, 0.15) is 0 Å². The number of rotatable bonds is 4. The third-order valence-corrected chi connectivity index (χ3v) is 2.09. The molecule has 0 aliphatic heterocycles. The lowest BCUT2D eigenvalue weighted by Gasteiger charge is -2.17. The van der Waals surface area contributed by atoms with Crippen LogP contribution in [0.5, 0.6) is 0 Å². The molecular weight excluding hydrogens is 143 g/mol. The molecule has 0 rings (SSSR count). The maximum Gasteiger partial charge on any atom is 0.00366 e. The van der Waals surface area contributed by atoms with Crippen LogP contribution in [0, 0.1) is 5.92 Å². The molecule has 0 amide bonds. The zero-order chi connectivity index (χ0) is 8.15. The largest absolute Gasteiger partial charge is 0.328 e. The van der Waals surface area contributed by atoms with E-state index in [9.17, 15) is 0 Å². The van der Waals surface area contributed by atoms with Crippen LogP contribution in [0.2, 0.25) is 0 Å². The minimum absolute atomic E-state index is 0.324. The Morgan fingerprint density at radius 1 is 1.50 bits per heavy atom. The minimum atomic E-state index is 0.324. The average molecular weight is 162 g/mol. The van der Waals surface area contributed by atoms with Crippen molar-refractivity contribution in [3.8, 4) is 0 Å². The molecular formula is C7H19N2P. The highest BCUT2D eigenvalue weighted by molar-refractivity contribution is 7.13. The van der Waals surface area contributed by atoms with Gasteiger partial charge in [0.2, 0.25) is 0 Å². The van der Waals surface area contributed by atoms with Gasteiger partial charge in [-0.1, -0.05) is 16.3 Å². The zero-order valence-corrected chi connectivity index (χ0v) is 8.33. The molecule has 0 fully saturated rings. The standard InChI is InChI=1S/C7H19N2P/c1-6(7(2)8)4-5-9(3)10/h6-7H,4-5,8,10H2,1-3H3. The normalized spacial score (nSPS) is 17.4. The number of hydrogen-bond acceptors (Lipinski definition) is 2. The molecule has 0 heterocycles. The SMILES string of the molecule is CC(N)C(C)CCN(C)P. The average Bonchev–Trinajstić information content (AvgIpc) is 1.82. The van der Waals surface area contributed by atoms with E-state index in [1.807, 2.05) is 0 Å². The number of nitrogens with two attached hydrogens (primary N) is 1. The minimum Gasteiger partial charge on any atom is -0.328 e. The predicted molar refractivity (Wildman–Crippen MR) is 49.8 cm³/mol. The number of nitrogens with zero attached hydrogens (tertiary/aromatic N) is 1. The lowest BCUT2D eigenvalue weighted by atomic mass is 10.0. The Morgan fingerprint density at radius 3 is 2.30 bits per heavy atom. The van der Waals surface area contributed by atoms with Gasteiger partial charge in [-0.05, 0) is 26.3 Å². The quantitative estimate of drug-likeness (QED) is 0.627. The molecule has 0 aromatic heterocycles. The molecule has 10 heavy (non-hydrogen) atoms. The summed E-state index contributed by atoms with van der Waals surface area (Å²) in [6, 6.07) is 0.324. The first-order valence-corrected chi connectivity index (χ1v) is 4.27. The number of hydrogen-bond donors (Lipinski definition) is 1. The van der Waals surface area contributed by atoms with Crippen molar-refractivity contribution in [2.45, 2.75) is 26.3 Å². The molecule has 0 aliphatic carbocycles. The lowest BCUT2D eigenvalue weighted by Crippen LogP contribution is -2.26. The van der Waals surface area contributed by atoms with Gasteiger partial charge in [0.05, 0.1) is 0 Å². The second-order valence-corrected chi connectivity index (χ2v) is 3.99.